The SMILES string of the molecule is Cc1noc(C)c1C1=Nc2ccc(CC(=O)Cl)cc2C1. The molecule has 5 heteroatoms. The Labute approximate surface area is 121 Å². The highest BCUT2D eigenvalue weighted by Crippen LogP contribution is 2.31. The summed E-state index contributed by atoms with van der Waals surface area (Å²) in [6.45, 7) is 3.80. The molecule has 0 unspecified atom stereocenters. The normalized spacial score (nSPS) is 13.2. The highest BCUT2D eigenvalue weighted by Gasteiger charge is 2.22. The van der Waals surface area contributed by atoms with Crippen molar-refractivity contribution >= 4 is 28.2 Å². The summed E-state index contributed by atoms with van der Waals surface area (Å²) in [6, 6.07) is 5.80. The zero-order valence-electron chi connectivity index (χ0n) is 11.2. The van der Waals surface area contributed by atoms with Crippen LogP contribution in [0.4, 0.5) is 5.69 Å². The summed E-state index contributed by atoms with van der Waals surface area (Å²) in [5.41, 5.74) is 5.76. The van der Waals surface area contributed by atoms with E-state index in [0.29, 0.717) is 0 Å². The zero-order chi connectivity index (χ0) is 14.3. The van der Waals surface area contributed by atoms with Gasteiger partial charge in [-0.1, -0.05) is 17.3 Å². The molecule has 0 saturated carbocycles. The third-order valence-corrected chi connectivity index (χ3v) is 3.56. The van der Waals surface area contributed by atoms with E-state index in [1.807, 2.05) is 32.0 Å². The summed E-state index contributed by atoms with van der Waals surface area (Å²) in [7, 11) is 0. The zero-order valence-corrected chi connectivity index (χ0v) is 12.0. The van der Waals surface area contributed by atoms with Crippen LogP contribution in [0.3, 0.4) is 0 Å². The Kier molecular flexibility index (Phi) is 3.18. The summed E-state index contributed by atoms with van der Waals surface area (Å²) in [5.74, 6) is 0.783. The van der Waals surface area contributed by atoms with Gasteiger partial charge in [-0.25, -0.2) is 0 Å². The monoisotopic (exact) mass is 288 g/mol. The number of nitrogens with zero attached hydrogens (tertiary/aromatic N) is 2. The van der Waals surface area contributed by atoms with Crippen molar-refractivity contribution in [1.29, 1.82) is 0 Å². The van der Waals surface area contributed by atoms with Crippen LogP contribution >= 0.6 is 11.6 Å². The first kappa shape index (κ1) is 13.1. The number of hydrogen-bond donors (Lipinski definition) is 0. The van der Waals surface area contributed by atoms with Crippen molar-refractivity contribution in [2.45, 2.75) is 26.7 Å². The van der Waals surface area contributed by atoms with Crippen molar-refractivity contribution in [3.63, 3.8) is 0 Å². The van der Waals surface area contributed by atoms with Gasteiger partial charge in [0.15, 0.2) is 0 Å². The van der Waals surface area contributed by atoms with Gasteiger partial charge in [-0.2, -0.15) is 0 Å². The molecule has 2 aromatic rings. The molecule has 3 rings (SSSR count). The largest absolute Gasteiger partial charge is 0.361 e. The molecule has 1 aromatic carbocycles. The number of halogens is 1. The predicted octanol–water partition coefficient (Wildman–Crippen LogP) is 3.28. The predicted molar refractivity (Wildman–Crippen MR) is 76.9 cm³/mol. The molecule has 2 heterocycles. The molecule has 1 aliphatic heterocycles. The Morgan fingerprint density at radius 1 is 1.40 bits per heavy atom. The highest BCUT2D eigenvalue weighted by atomic mass is 35.5. The summed E-state index contributed by atoms with van der Waals surface area (Å²) >= 11 is 5.43. The smallest absolute Gasteiger partial charge is 0.226 e. The minimum absolute atomic E-state index is 0.246. The van der Waals surface area contributed by atoms with Crippen LogP contribution in [0.25, 0.3) is 0 Å². The second-order valence-corrected chi connectivity index (χ2v) is 5.35. The van der Waals surface area contributed by atoms with Gasteiger partial charge < -0.3 is 4.52 Å². The first-order valence-electron chi connectivity index (χ1n) is 6.35. The van der Waals surface area contributed by atoms with E-state index >= 15 is 0 Å². The van der Waals surface area contributed by atoms with Crippen LogP contribution in [-0.2, 0) is 17.6 Å². The van der Waals surface area contributed by atoms with E-state index in [0.717, 1.165) is 46.0 Å². The Morgan fingerprint density at radius 3 is 2.85 bits per heavy atom. The van der Waals surface area contributed by atoms with Crippen molar-refractivity contribution in [2.75, 3.05) is 0 Å². The van der Waals surface area contributed by atoms with Gasteiger partial charge in [-0.3, -0.25) is 9.79 Å². The molecular formula is C15H13ClN2O2. The van der Waals surface area contributed by atoms with E-state index < -0.39 is 0 Å². The first-order valence-corrected chi connectivity index (χ1v) is 6.73. The quantitative estimate of drug-likeness (QED) is 0.815. The van der Waals surface area contributed by atoms with E-state index in [1.54, 1.807) is 0 Å². The lowest BCUT2D eigenvalue weighted by Crippen LogP contribution is -2.03. The van der Waals surface area contributed by atoms with Crippen LogP contribution in [-0.4, -0.2) is 16.1 Å². The van der Waals surface area contributed by atoms with E-state index in [1.165, 1.54) is 0 Å². The Balaban J connectivity index is 1.93. The molecule has 4 nitrogen and oxygen atoms in total. The van der Waals surface area contributed by atoms with Gasteiger partial charge >= 0.3 is 0 Å². The molecule has 0 bridgehead atoms. The number of carbonyl (C=O) groups excluding carboxylic acids is 1. The number of fused-ring (bicyclic) bond motifs is 1. The number of benzene rings is 1. The first-order chi connectivity index (χ1) is 9.54. The van der Waals surface area contributed by atoms with E-state index in [-0.39, 0.29) is 11.7 Å². The van der Waals surface area contributed by atoms with E-state index in [2.05, 4.69) is 10.1 Å². The number of hydrogen-bond acceptors (Lipinski definition) is 4. The second kappa shape index (κ2) is 4.87. The van der Waals surface area contributed by atoms with E-state index in [9.17, 15) is 4.79 Å². The lowest BCUT2D eigenvalue weighted by molar-refractivity contribution is -0.111. The maximum atomic E-state index is 11.0. The van der Waals surface area contributed by atoms with Gasteiger partial charge in [0.2, 0.25) is 5.24 Å². The average molecular weight is 289 g/mol. The molecule has 0 radical (unpaired) electrons. The summed E-state index contributed by atoms with van der Waals surface area (Å²) in [5, 5.41) is 3.61. The van der Waals surface area contributed by atoms with Crippen LogP contribution < -0.4 is 0 Å². The molecule has 0 amide bonds. The van der Waals surface area contributed by atoms with Gasteiger partial charge in [0.05, 0.1) is 22.7 Å². The molecule has 0 aliphatic carbocycles. The molecule has 102 valence electrons. The van der Waals surface area contributed by atoms with Crippen molar-refractivity contribution in [2.24, 2.45) is 4.99 Å². The molecule has 0 N–H and O–H groups in total. The number of aromatic nitrogens is 1. The van der Waals surface area contributed by atoms with Crippen LogP contribution in [0.2, 0.25) is 0 Å². The van der Waals surface area contributed by atoms with Crippen LogP contribution in [0, 0.1) is 13.8 Å². The van der Waals surface area contributed by atoms with Crippen molar-refractivity contribution in [3.05, 3.63) is 46.3 Å². The number of carbonyl (C=O) groups is 1. The maximum Gasteiger partial charge on any atom is 0.226 e. The van der Waals surface area contributed by atoms with Gasteiger partial charge in [0, 0.05) is 12.8 Å². The van der Waals surface area contributed by atoms with Crippen LogP contribution in [0.5, 0.6) is 0 Å². The molecule has 0 spiro atoms. The molecule has 1 aliphatic rings. The Bertz CT molecular complexity index is 712. The maximum absolute atomic E-state index is 11.0. The van der Waals surface area contributed by atoms with Crippen LogP contribution in [0.15, 0.2) is 27.7 Å². The summed E-state index contributed by atoms with van der Waals surface area (Å²) < 4.78 is 5.19. The van der Waals surface area contributed by atoms with Crippen molar-refractivity contribution in [3.8, 4) is 0 Å². The highest BCUT2D eigenvalue weighted by molar-refractivity contribution is 6.63. The lowest BCUT2D eigenvalue weighted by Gasteiger charge is -2.01. The fraction of sp³-hybridized carbons (Fsp3) is 0.267. The third-order valence-electron chi connectivity index (χ3n) is 3.42. The fourth-order valence-electron chi connectivity index (χ4n) is 2.56. The van der Waals surface area contributed by atoms with Gasteiger partial charge in [-0.05, 0) is 42.6 Å². The molecular weight excluding hydrogens is 276 g/mol. The molecule has 20 heavy (non-hydrogen) atoms. The Hall–Kier alpha value is -1.94. The third kappa shape index (κ3) is 2.27. The van der Waals surface area contributed by atoms with Crippen molar-refractivity contribution in [1.82, 2.24) is 5.16 Å². The molecule has 0 saturated heterocycles. The van der Waals surface area contributed by atoms with Gasteiger partial charge in [-0.15, -0.1) is 0 Å². The summed E-state index contributed by atoms with van der Waals surface area (Å²) in [4.78, 5) is 15.6. The van der Waals surface area contributed by atoms with Crippen LogP contribution in [0.1, 0.15) is 28.1 Å². The molecule has 0 atom stereocenters. The molecule has 1 aromatic heterocycles. The minimum Gasteiger partial charge on any atom is -0.361 e. The number of rotatable bonds is 3. The van der Waals surface area contributed by atoms with E-state index in [4.69, 9.17) is 16.1 Å². The lowest BCUT2D eigenvalue weighted by atomic mass is 10.0. The van der Waals surface area contributed by atoms with Gasteiger partial charge in [0.25, 0.3) is 0 Å². The summed E-state index contributed by atoms with van der Waals surface area (Å²) in [6.07, 6.45) is 0.970. The number of aliphatic imine (C=N–C) groups is 1. The minimum atomic E-state index is -0.352. The standard InChI is InChI=1S/C15H13ClN2O2/c1-8-15(9(2)20-18-8)13-7-11-5-10(6-14(16)19)3-4-12(11)17-13/h3-5H,6-7H2,1-2H3. The fourth-order valence-corrected chi connectivity index (χ4v) is 2.72. The Morgan fingerprint density at radius 2 is 2.20 bits per heavy atom. The second-order valence-electron chi connectivity index (χ2n) is 4.93. The van der Waals surface area contributed by atoms with Gasteiger partial charge in [0.1, 0.15) is 5.76 Å². The molecule has 0 fully saturated rings. The number of aryl methyl sites for hydroxylation is 2. The average Bonchev–Trinajstić information content (AvgIpc) is 2.91. The topological polar surface area (TPSA) is 55.5 Å². The van der Waals surface area contributed by atoms with Crippen molar-refractivity contribution < 1.29 is 9.32 Å².